The molecule has 4 rings (SSSR count). The zero-order valence-electron chi connectivity index (χ0n) is 17.6. The minimum absolute atomic E-state index is 0.0123. The van der Waals surface area contributed by atoms with Crippen molar-refractivity contribution in [3.05, 3.63) is 100 Å². The van der Waals surface area contributed by atoms with Crippen LogP contribution in [0.5, 0.6) is 5.75 Å². The summed E-state index contributed by atoms with van der Waals surface area (Å²) < 4.78 is 7.50. The first-order chi connectivity index (χ1) is 15.2. The predicted molar refractivity (Wildman–Crippen MR) is 122 cm³/mol. The summed E-state index contributed by atoms with van der Waals surface area (Å²) in [7, 11) is 1.78. The summed E-state index contributed by atoms with van der Waals surface area (Å²) in [6.07, 6.45) is 7.40. The third-order valence-electron chi connectivity index (χ3n) is 5.25. The molecule has 0 aliphatic heterocycles. The monoisotopic (exact) mass is 414 g/mol. The van der Waals surface area contributed by atoms with Gasteiger partial charge in [0, 0.05) is 55.9 Å². The second-order valence-corrected chi connectivity index (χ2v) is 7.49. The first-order valence-corrected chi connectivity index (χ1v) is 10.4. The van der Waals surface area contributed by atoms with Crippen LogP contribution in [0, 0.1) is 0 Å². The van der Waals surface area contributed by atoms with Crippen molar-refractivity contribution in [3.63, 3.8) is 0 Å². The smallest absolute Gasteiger partial charge is 0.250 e. The molecule has 0 radical (unpaired) electrons. The van der Waals surface area contributed by atoms with E-state index in [0.717, 1.165) is 48.3 Å². The zero-order valence-corrected chi connectivity index (χ0v) is 17.6. The third-order valence-corrected chi connectivity index (χ3v) is 5.25. The minimum atomic E-state index is -0.0123. The number of nitrogens with one attached hydrogen (secondary N) is 1. The van der Waals surface area contributed by atoms with Crippen LogP contribution in [0.3, 0.4) is 0 Å². The van der Waals surface area contributed by atoms with E-state index in [-0.39, 0.29) is 5.56 Å². The predicted octanol–water partition coefficient (Wildman–Crippen LogP) is 3.28. The molecule has 6 heteroatoms. The highest BCUT2D eigenvalue weighted by atomic mass is 16.5. The van der Waals surface area contributed by atoms with Gasteiger partial charge in [0.05, 0.1) is 5.52 Å². The van der Waals surface area contributed by atoms with E-state index in [0.29, 0.717) is 6.61 Å². The SMILES string of the molecule is Cn1c(=O)ccc2cc(OCCNCc3ccnc(CCc4cccnc4)c3)ccc21. The molecule has 1 N–H and O–H groups in total. The van der Waals surface area contributed by atoms with Crippen molar-refractivity contribution < 1.29 is 4.74 Å². The van der Waals surface area contributed by atoms with Crippen LogP contribution >= 0.6 is 0 Å². The average Bonchev–Trinajstić information content (AvgIpc) is 2.81. The van der Waals surface area contributed by atoms with Crippen molar-refractivity contribution in [2.45, 2.75) is 19.4 Å². The molecular formula is C25H26N4O2. The van der Waals surface area contributed by atoms with Crippen molar-refractivity contribution >= 4 is 10.9 Å². The Morgan fingerprint density at radius 3 is 2.81 bits per heavy atom. The fourth-order valence-electron chi connectivity index (χ4n) is 3.52. The molecule has 4 aromatic rings. The van der Waals surface area contributed by atoms with Gasteiger partial charge in [-0.2, -0.15) is 0 Å². The molecular weight excluding hydrogens is 388 g/mol. The Balaban J connectivity index is 1.23. The first-order valence-electron chi connectivity index (χ1n) is 10.4. The fourth-order valence-corrected chi connectivity index (χ4v) is 3.52. The number of aromatic nitrogens is 3. The van der Waals surface area contributed by atoms with Crippen molar-refractivity contribution in [2.24, 2.45) is 7.05 Å². The van der Waals surface area contributed by atoms with Gasteiger partial charge in [-0.1, -0.05) is 6.07 Å². The van der Waals surface area contributed by atoms with Crippen molar-refractivity contribution in [3.8, 4) is 5.75 Å². The van der Waals surface area contributed by atoms with Gasteiger partial charge in [0.2, 0.25) is 0 Å². The Bertz CT molecular complexity index is 1210. The molecule has 3 heterocycles. The van der Waals surface area contributed by atoms with E-state index in [1.165, 1.54) is 11.1 Å². The van der Waals surface area contributed by atoms with Crippen LogP contribution in [-0.2, 0) is 26.4 Å². The number of rotatable bonds is 9. The lowest BCUT2D eigenvalue weighted by molar-refractivity contribution is 0.314. The highest BCUT2D eigenvalue weighted by Gasteiger charge is 2.03. The molecule has 0 atom stereocenters. The Morgan fingerprint density at radius 2 is 1.94 bits per heavy atom. The molecule has 0 fully saturated rings. The molecule has 0 amide bonds. The van der Waals surface area contributed by atoms with Crippen LogP contribution in [0.2, 0.25) is 0 Å². The molecule has 158 valence electrons. The topological polar surface area (TPSA) is 69.0 Å². The quantitative estimate of drug-likeness (QED) is 0.426. The zero-order chi connectivity index (χ0) is 21.5. The minimum Gasteiger partial charge on any atom is -0.492 e. The van der Waals surface area contributed by atoms with Gasteiger partial charge in [0.25, 0.3) is 5.56 Å². The van der Waals surface area contributed by atoms with Gasteiger partial charge in [0.1, 0.15) is 12.4 Å². The number of ether oxygens (including phenoxy) is 1. The molecule has 6 nitrogen and oxygen atoms in total. The molecule has 0 saturated carbocycles. The lowest BCUT2D eigenvalue weighted by atomic mass is 10.1. The molecule has 0 unspecified atom stereocenters. The second-order valence-electron chi connectivity index (χ2n) is 7.49. The number of pyridine rings is 3. The van der Waals surface area contributed by atoms with Gasteiger partial charge >= 0.3 is 0 Å². The van der Waals surface area contributed by atoms with Crippen LogP contribution in [0.1, 0.15) is 16.8 Å². The third kappa shape index (κ3) is 5.55. The Morgan fingerprint density at radius 1 is 1.00 bits per heavy atom. The van der Waals surface area contributed by atoms with E-state index < -0.39 is 0 Å². The van der Waals surface area contributed by atoms with Crippen molar-refractivity contribution in [2.75, 3.05) is 13.2 Å². The molecule has 3 aromatic heterocycles. The largest absolute Gasteiger partial charge is 0.492 e. The highest BCUT2D eigenvalue weighted by molar-refractivity contribution is 5.80. The maximum absolute atomic E-state index is 11.7. The number of nitrogens with zero attached hydrogens (tertiary/aromatic N) is 3. The molecule has 0 aliphatic carbocycles. The summed E-state index contributed by atoms with van der Waals surface area (Å²) in [4.78, 5) is 20.4. The number of aryl methyl sites for hydroxylation is 3. The molecule has 1 aromatic carbocycles. The van der Waals surface area contributed by atoms with Crippen LogP contribution in [0.25, 0.3) is 10.9 Å². The lowest BCUT2D eigenvalue weighted by Gasteiger charge is -2.10. The van der Waals surface area contributed by atoms with E-state index in [9.17, 15) is 4.79 Å². The van der Waals surface area contributed by atoms with Gasteiger partial charge in [-0.25, -0.2) is 0 Å². The maximum atomic E-state index is 11.7. The number of hydrogen-bond donors (Lipinski definition) is 1. The van der Waals surface area contributed by atoms with Crippen LogP contribution in [0.4, 0.5) is 0 Å². The number of fused-ring (bicyclic) bond motifs is 1. The van der Waals surface area contributed by atoms with Gasteiger partial charge in [0.15, 0.2) is 0 Å². The van der Waals surface area contributed by atoms with E-state index in [1.54, 1.807) is 23.9 Å². The van der Waals surface area contributed by atoms with Crippen LogP contribution in [-0.4, -0.2) is 27.7 Å². The van der Waals surface area contributed by atoms with E-state index in [2.05, 4.69) is 27.4 Å². The number of benzene rings is 1. The first kappa shape index (κ1) is 20.8. The maximum Gasteiger partial charge on any atom is 0.250 e. The average molecular weight is 415 g/mol. The Labute approximate surface area is 181 Å². The summed E-state index contributed by atoms with van der Waals surface area (Å²) in [6, 6.07) is 17.4. The summed E-state index contributed by atoms with van der Waals surface area (Å²) in [6.45, 7) is 2.07. The van der Waals surface area contributed by atoms with E-state index in [1.807, 2.05) is 48.8 Å². The summed E-state index contributed by atoms with van der Waals surface area (Å²) >= 11 is 0. The standard InChI is InChI=1S/C25H26N4O2/c1-29-24-8-7-23(16-21(24)5-9-25(29)30)31-14-13-27-18-20-10-12-28-22(15-20)6-4-19-3-2-11-26-17-19/h2-3,5,7-12,15-17,27H,4,6,13-14,18H2,1H3. The normalized spacial score (nSPS) is 11.0. The molecule has 0 bridgehead atoms. The van der Waals surface area contributed by atoms with Gasteiger partial charge in [-0.15, -0.1) is 0 Å². The number of hydrogen-bond acceptors (Lipinski definition) is 5. The summed E-state index contributed by atoms with van der Waals surface area (Å²) in [5.74, 6) is 0.801. The van der Waals surface area contributed by atoms with Gasteiger partial charge in [-0.3, -0.25) is 14.8 Å². The van der Waals surface area contributed by atoms with Crippen molar-refractivity contribution in [1.82, 2.24) is 19.9 Å². The van der Waals surface area contributed by atoms with E-state index >= 15 is 0 Å². The van der Waals surface area contributed by atoms with Gasteiger partial charge in [-0.05, 0) is 66.4 Å². The fraction of sp³-hybridized carbons (Fsp3) is 0.240. The van der Waals surface area contributed by atoms with Crippen LogP contribution < -0.4 is 15.6 Å². The molecule has 0 saturated heterocycles. The highest BCUT2D eigenvalue weighted by Crippen LogP contribution is 2.19. The Kier molecular flexibility index (Phi) is 6.69. The van der Waals surface area contributed by atoms with Crippen molar-refractivity contribution in [1.29, 1.82) is 0 Å². The lowest BCUT2D eigenvalue weighted by Crippen LogP contribution is -2.20. The van der Waals surface area contributed by atoms with Crippen LogP contribution in [0.15, 0.2) is 78.0 Å². The van der Waals surface area contributed by atoms with E-state index in [4.69, 9.17) is 4.74 Å². The second kappa shape index (κ2) is 10.00. The van der Waals surface area contributed by atoms with Gasteiger partial charge < -0.3 is 14.6 Å². The Hall–Kier alpha value is -3.51. The summed E-state index contributed by atoms with van der Waals surface area (Å²) in [5, 5.41) is 4.41. The summed E-state index contributed by atoms with van der Waals surface area (Å²) in [5.41, 5.74) is 4.41. The molecule has 31 heavy (non-hydrogen) atoms. The molecule has 0 aliphatic rings. The molecule has 0 spiro atoms.